The Labute approximate surface area is 127 Å². The predicted octanol–water partition coefficient (Wildman–Crippen LogP) is 4.53. The first-order valence-electron chi connectivity index (χ1n) is 6.38. The summed E-state index contributed by atoms with van der Waals surface area (Å²) < 4.78 is 1.17. The van der Waals surface area contributed by atoms with E-state index in [1.54, 1.807) is 11.3 Å². The summed E-state index contributed by atoms with van der Waals surface area (Å²) in [6.45, 7) is 7.59. The third-order valence-electron chi connectivity index (χ3n) is 3.28. The van der Waals surface area contributed by atoms with Crippen LogP contribution in [0.2, 0.25) is 0 Å². The van der Waals surface area contributed by atoms with E-state index in [0.29, 0.717) is 6.04 Å². The van der Waals surface area contributed by atoms with Crippen LogP contribution >= 0.6 is 27.3 Å². The van der Waals surface area contributed by atoms with Crippen LogP contribution in [-0.2, 0) is 5.41 Å². The first kappa shape index (κ1) is 14.7. The molecule has 0 radical (unpaired) electrons. The van der Waals surface area contributed by atoms with Crippen molar-refractivity contribution in [1.82, 2.24) is 10.3 Å². The molecule has 0 aliphatic rings. The second-order valence-electron chi connectivity index (χ2n) is 5.34. The van der Waals surface area contributed by atoms with Crippen LogP contribution in [0.5, 0.6) is 0 Å². The minimum absolute atomic E-state index is 0.0750. The highest BCUT2D eigenvalue weighted by Gasteiger charge is 2.23. The van der Waals surface area contributed by atoms with Crippen LogP contribution in [0, 0.1) is 0 Å². The van der Waals surface area contributed by atoms with Crippen LogP contribution in [0.3, 0.4) is 0 Å². The minimum Gasteiger partial charge on any atom is -0.307 e. The zero-order chi connectivity index (χ0) is 13.9. The van der Waals surface area contributed by atoms with E-state index < -0.39 is 0 Å². The second kappa shape index (κ2) is 6.16. The zero-order valence-electron chi connectivity index (χ0n) is 11.5. The van der Waals surface area contributed by atoms with Crippen molar-refractivity contribution >= 4 is 27.3 Å². The Bertz CT molecular complexity index is 523. The number of hydrogen-bond acceptors (Lipinski definition) is 3. The lowest BCUT2D eigenvalue weighted by Crippen LogP contribution is -2.34. The number of nitrogens with zero attached hydrogens (tertiary/aromatic N) is 1. The molecule has 0 saturated heterocycles. The Balaban J connectivity index is 2.04. The normalized spacial score (nSPS) is 13.5. The Morgan fingerprint density at radius 3 is 2.74 bits per heavy atom. The van der Waals surface area contributed by atoms with E-state index >= 15 is 0 Å². The third kappa shape index (κ3) is 3.65. The first-order valence-corrected chi connectivity index (χ1v) is 8.06. The Morgan fingerprint density at radius 1 is 1.37 bits per heavy atom. The van der Waals surface area contributed by atoms with Crippen LogP contribution in [0.4, 0.5) is 0 Å². The van der Waals surface area contributed by atoms with Gasteiger partial charge in [0, 0.05) is 28.0 Å². The van der Waals surface area contributed by atoms with E-state index in [0.717, 1.165) is 11.6 Å². The molecular formula is C15H19BrN2S. The maximum absolute atomic E-state index is 4.35. The summed E-state index contributed by atoms with van der Waals surface area (Å²) in [5.41, 5.74) is 1.40. The Hall–Kier alpha value is -0.710. The molecule has 1 aromatic carbocycles. The lowest BCUT2D eigenvalue weighted by Gasteiger charge is -2.28. The highest BCUT2D eigenvalue weighted by atomic mass is 79.9. The van der Waals surface area contributed by atoms with E-state index in [-0.39, 0.29) is 5.41 Å². The molecule has 0 aliphatic carbocycles. The molecule has 4 heteroatoms. The van der Waals surface area contributed by atoms with Crippen LogP contribution in [-0.4, -0.2) is 11.5 Å². The van der Waals surface area contributed by atoms with Crippen molar-refractivity contribution in [3.8, 4) is 0 Å². The molecule has 1 heterocycles. The van der Waals surface area contributed by atoms with Gasteiger partial charge >= 0.3 is 0 Å². The van der Waals surface area contributed by atoms with Gasteiger partial charge in [0.05, 0.1) is 6.04 Å². The lowest BCUT2D eigenvalue weighted by molar-refractivity contribution is 0.433. The molecular weight excluding hydrogens is 320 g/mol. The molecule has 2 nitrogen and oxygen atoms in total. The van der Waals surface area contributed by atoms with Gasteiger partial charge in [-0.25, -0.2) is 4.98 Å². The summed E-state index contributed by atoms with van der Waals surface area (Å²) in [4.78, 5) is 4.35. The topological polar surface area (TPSA) is 24.9 Å². The van der Waals surface area contributed by atoms with Gasteiger partial charge < -0.3 is 5.32 Å². The quantitative estimate of drug-likeness (QED) is 0.865. The molecule has 0 aliphatic heterocycles. The molecule has 102 valence electrons. The van der Waals surface area contributed by atoms with Crippen LogP contribution in [0.1, 0.15) is 37.4 Å². The maximum Gasteiger partial charge on any atom is 0.109 e. The van der Waals surface area contributed by atoms with Gasteiger partial charge in [-0.15, -0.1) is 11.3 Å². The van der Waals surface area contributed by atoms with Crippen LogP contribution in [0.15, 0.2) is 40.3 Å². The number of benzene rings is 1. The molecule has 1 aromatic heterocycles. The van der Waals surface area contributed by atoms with Crippen molar-refractivity contribution < 1.29 is 0 Å². The fourth-order valence-corrected chi connectivity index (χ4v) is 3.54. The largest absolute Gasteiger partial charge is 0.307 e. The number of hydrogen-bond donors (Lipinski definition) is 1. The van der Waals surface area contributed by atoms with Gasteiger partial charge in [-0.2, -0.15) is 0 Å². The molecule has 0 amide bonds. The maximum atomic E-state index is 4.35. The Morgan fingerprint density at radius 2 is 2.11 bits per heavy atom. The minimum atomic E-state index is 0.0750. The van der Waals surface area contributed by atoms with Crippen molar-refractivity contribution in [2.24, 2.45) is 0 Å². The summed E-state index contributed by atoms with van der Waals surface area (Å²) in [6, 6.07) is 8.71. The SMILES string of the molecule is C[C@@H](NCC(C)(C)c1ccccc1Br)c1nccs1. The second-order valence-corrected chi connectivity index (χ2v) is 7.12. The summed E-state index contributed by atoms with van der Waals surface area (Å²) in [6.07, 6.45) is 1.86. The number of rotatable bonds is 5. The Kier molecular flexibility index (Phi) is 4.76. The monoisotopic (exact) mass is 338 g/mol. The van der Waals surface area contributed by atoms with E-state index in [1.165, 1.54) is 10.0 Å². The first-order chi connectivity index (χ1) is 9.00. The van der Waals surface area contributed by atoms with E-state index in [1.807, 2.05) is 11.6 Å². The predicted molar refractivity (Wildman–Crippen MR) is 85.7 cm³/mol. The van der Waals surface area contributed by atoms with Crippen molar-refractivity contribution in [1.29, 1.82) is 0 Å². The lowest BCUT2D eigenvalue weighted by atomic mass is 9.84. The summed E-state index contributed by atoms with van der Waals surface area (Å²) >= 11 is 5.34. The zero-order valence-corrected chi connectivity index (χ0v) is 13.9. The van der Waals surface area contributed by atoms with Crippen LogP contribution in [0.25, 0.3) is 0 Å². The smallest absolute Gasteiger partial charge is 0.109 e. The summed E-state index contributed by atoms with van der Waals surface area (Å²) in [5.74, 6) is 0. The molecule has 0 fully saturated rings. The van der Waals surface area contributed by atoms with Crippen molar-refractivity contribution in [2.45, 2.75) is 32.2 Å². The van der Waals surface area contributed by atoms with E-state index in [4.69, 9.17) is 0 Å². The van der Waals surface area contributed by atoms with Crippen molar-refractivity contribution in [2.75, 3.05) is 6.54 Å². The van der Waals surface area contributed by atoms with Gasteiger partial charge in [0.2, 0.25) is 0 Å². The highest BCUT2D eigenvalue weighted by molar-refractivity contribution is 9.10. The van der Waals surface area contributed by atoms with Crippen molar-refractivity contribution in [3.63, 3.8) is 0 Å². The number of halogens is 1. The van der Waals surface area contributed by atoms with Gasteiger partial charge in [-0.05, 0) is 18.6 Å². The van der Waals surface area contributed by atoms with E-state index in [2.05, 4.69) is 71.3 Å². The number of nitrogens with one attached hydrogen (secondary N) is 1. The average molecular weight is 339 g/mol. The fourth-order valence-electron chi connectivity index (χ4n) is 2.05. The van der Waals surface area contributed by atoms with E-state index in [9.17, 15) is 0 Å². The molecule has 0 spiro atoms. The van der Waals surface area contributed by atoms with Gasteiger partial charge in [0.25, 0.3) is 0 Å². The van der Waals surface area contributed by atoms with Gasteiger partial charge in [0.1, 0.15) is 5.01 Å². The molecule has 1 N–H and O–H groups in total. The number of thiazole rings is 1. The van der Waals surface area contributed by atoms with Gasteiger partial charge in [-0.1, -0.05) is 48.0 Å². The van der Waals surface area contributed by atoms with Gasteiger partial charge in [-0.3, -0.25) is 0 Å². The highest BCUT2D eigenvalue weighted by Crippen LogP contribution is 2.30. The summed E-state index contributed by atoms with van der Waals surface area (Å²) in [7, 11) is 0. The molecule has 2 rings (SSSR count). The fraction of sp³-hybridized carbons (Fsp3) is 0.400. The number of aromatic nitrogens is 1. The van der Waals surface area contributed by atoms with Crippen LogP contribution < -0.4 is 5.32 Å². The molecule has 19 heavy (non-hydrogen) atoms. The average Bonchev–Trinajstić information content (AvgIpc) is 2.90. The molecule has 0 unspecified atom stereocenters. The molecule has 1 atom stereocenters. The summed E-state index contributed by atoms with van der Waals surface area (Å²) in [5, 5.41) is 6.74. The van der Waals surface area contributed by atoms with Crippen molar-refractivity contribution in [3.05, 3.63) is 50.9 Å². The molecule has 2 aromatic rings. The molecule has 0 saturated carbocycles. The standard InChI is InChI=1S/C15H19BrN2S/c1-11(14-17-8-9-19-14)18-10-15(2,3)12-6-4-5-7-13(12)16/h4-9,11,18H,10H2,1-3H3/t11-/m1/s1. The van der Waals surface area contributed by atoms with Gasteiger partial charge in [0.15, 0.2) is 0 Å². The third-order valence-corrected chi connectivity index (χ3v) is 4.92. The molecule has 0 bridgehead atoms.